The zero-order valence-electron chi connectivity index (χ0n) is 21.4. The summed E-state index contributed by atoms with van der Waals surface area (Å²) in [6.45, 7) is 7.35. The molecule has 0 aromatic rings. The molecule has 14 heteroatoms. The molecular weight excluding hydrogens is 478 g/mol. The molecule has 0 aromatic heterocycles. The highest BCUT2D eigenvalue weighted by Gasteiger charge is 2.45. The topological polar surface area (TPSA) is 231 Å². The fraction of sp³-hybridized carbons (Fsp3) is 0.727. The van der Waals surface area contributed by atoms with Gasteiger partial charge in [-0.1, -0.05) is 27.7 Å². The summed E-state index contributed by atoms with van der Waals surface area (Å²) in [6.07, 6.45) is -3.99. The number of hydrogen-bond acceptors (Lipinski definition) is 11. The lowest BCUT2D eigenvalue weighted by Crippen LogP contribution is -2.60. The summed E-state index contributed by atoms with van der Waals surface area (Å²) in [5, 5.41) is 22.3. The monoisotopic (exact) mass is 517 g/mol. The molecule has 0 spiro atoms. The molecule has 1 aliphatic rings. The maximum Gasteiger partial charge on any atom is 0.376 e. The minimum atomic E-state index is -1.45. The average molecular weight is 518 g/mol. The van der Waals surface area contributed by atoms with Gasteiger partial charge in [0.1, 0.15) is 18.2 Å². The fourth-order valence-corrected chi connectivity index (χ4v) is 3.33. The number of carbonyl (C=O) groups is 3. The number of aliphatic imine (C=N–C) groups is 1. The van der Waals surface area contributed by atoms with Gasteiger partial charge >= 0.3 is 11.9 Å². The molecule has 0 aliphatic carbocycles. The molecule has 206 valence electrons. The Kier molecular flexibility index (Phi) is 12.1. The van der Waals surface area contributed by atoms with E-state index in [0.717, 1.165) is 0 Å². The molecule has 0 saturated heterocycles. The van der Waals surface area contributed by atoms with Crippen molar-refractivity contribution in [2.24, 2.45) is 34.0 Å². The number of hydrogen-bond donors (Lipinski definition) is 6. The molecule has 0 fully saturated rings. The molecule has 1 heterocycles. The third-order valence-corrected chi connectivity index (χ3v) is 5.33. The number of amides is 1. The molecular formula is C22H39N5O9. The standard InChI is InChI=1S/C22H39N5O9/c1-9(2)15(23)20(32)36-21(10(3)4)35-19(31)14-7-12(27-22(24)25)16(26-11(5)29)18(34-14)17(33-6)13(30)8-28/h7,9-10,12-13,15-18,21,28,30H,8,23H2,1-6H3,(H,26,29)(H4,24,25,27)/t12-,13+,15+,16+,17-,18+,21?/m0/s1. The summed E-state index contributed by atoms with van der Waals surface area (Å²) in [5.41, 5.74) is 16.9. The van der Waals surface area contributed by atoms with Crippen LogP contribution in [0.2, 0.25) is 0 Å². The zero-order chi connectivity index (χ0) is 27.7. The number of carbonyl (C=O) groups excluding carboxylic acids is 3. The molecule has 36 heavy (non-hydrogen) atoms. The molecule has 14 nitrogen and oxygen atoms in total. The van der Waals surface area contributed by atoms with Crippen LogP contribution in [0.3, 0.4) is 0 Å². The smallest absolute Gasteiger partial charge is 0.376 e. The van der Waals surface area contributed by atoms with Crippen LogP contribution in [-0.2, 0) is 33.3 Å². The largest absolute Gasteiger partial charge is 0.478 e. The predicted octanol–water partition coefficient (Wildman–Crippen LogP) is -2.16. The number of rotatable bonds is 12. The van der Waals surface area contributed by atoms with E-state index < -0.39 is 78.9 Å². The van der Waals surface area contributed by atoms with Crippen LogP contribution in [0.25, 0.3) is 0 Å². The molecule has 0 radical (unpaired) electrons. The Morgan fingerprint density at radius 2 is 1.78 bits per heavy atom. The van der Waals surface area contributed by atoms with Gasteiger partial charge in [0.2, 0.25) is 18.0 Å². The van der Waals surface area contributed by atoms with Gasteiger partial charge in [-0.2, -0.15) is 0 Å². The van der Waals surface area contributed by atoms with Gasteiger partial charge in [-0.05, 0) is 12.0 Å². The van der Waals surface area contributed by atoms with Gasteiger partial charge in [0, 0.05) is 20.0 Å². The van der Waals surface area contributed by atoms with Gasteiger partial charge in [-0.15, -0.1) is 0 Å². The van der Waals surface area contributed by atoms with E-state index in [-0.39, 0.29) is 11.9 Å². The van der Waals surface area contributed by atoms with E-state index in [4.69, 9.17) is 36.1 Å². The number of methoxy groups -OCH3 is 1. The Hall–Kier alpha value is -2.94. The van der Waals surface area contributed by atoms with Crippen molar-refractivity contribution in [3.8, 4) is 0 Å². The number of esters is 2. The fourth-order valence-electron chi connectivity index (χ4n) is 3.33. The Labute approximate surface area is 210 Å². The van der Waals surface area contributed by atoms with Gasteiger partial charge in [-0.25, -0.2) is 9.79 Å². The Morgan fingerprint density at radius 3 is 2.22 bits per heavy atom. The number of nitrogens with two attached hydrogens (primary N) is 3. The van der Waals surface area contributed by atoms with E-state index in [2.05, 4.69) is 10.3 Å². The third-order valence-electron chi connectivity index (χ3n) is 5.33. The molecule has 7 atom stereocenters. The van der Waals surface area contributed by atoms with Crippen LogP contribution in [0.5, 0.6) is 0 Å². The van der Waals surface area contributed by atoms with Crippen LogP contribution in [0.1, 0.15) is 34.6 Å². The number of aliphatic hydroxyl groups excluding tert-OH is 2. The number of ether oxygens (including phenoxy) is 4. The minimum absolute atomic E-state index is 0.207. The van der Waals surface area contributed by atoms with Gasteiger partial charge in [0.15, 0.2) is 12.1 Å². The quantitative estimate of drug-likeness (QED) is 0.0703. The first-order valence-electron chi connectivity index (χ1n) is 11.5. The van der Waals surface area contributed by atoms with Crippen molar-refractivity contribution in [3.05, 3.63) is 11.8 Å². The zero-order valence-corrected chi connectivity index (χ0v) is 21.4. The highest BCUT2D eigenvalue weighted by atomic mass is 16.7. The van der Waals surface area contributed by atoms with Crippen molar-refractivity contribution in [1.29, 1.82) is 0 Å². The number of nitrogens with zero attached hydrogens (tertiary/aromatic N) is 1. The van der Waals surface area contributed by atoms with E-state index >= 15 is 0 Å². The van der Waals surface area contributed by atoms with Crippen molar-refractivity contribution in [2.45, 2.75) is 77.3 Å². The van der Waals surface area contributed by atoms with Crippen LogP contribution in [0, 0.1) is 11.8 Å². The van der Waals surface area contributed by atoms with Crippen molar-refractivity contribution in [2.75, 3.05) is 13.7 Å². The van der Waals surface area contributed by atoms with E-state index in [0.29, 0.717) is 0 Å². The molecule has 0 aromatic carbocycles. The Morgan fingerprint density at radius 1 is 1.17 bits per heavy atom. The maximum absolute atomic E-state index is 13.1. The lowest BCUT2D eigenvalue weighted by Gasteiger charge is -2.40. The number of nitrogens with one attached hydrogen (secondary N) is 1. The normalized spacial score (nSPS) is 23.0. The average Bonchev–Trinajstić information content (AvgIpc) is 2.78. The predicted molar refractivity (Wildman–Crippen MR) is 128 cm³/mol. The SMILES string of the molecule is CO[C@H]([C@@H]1OC(C(=O)OC(OC(=O)[C@H](N)C(C)C)C(C)C)=C[C@H](N=C(N)N)[C@H]1NC(C)=O)[C@H](O)CO. The summed E-state index contributed by atoms with van der Waals surface area (Å²) in [7, 11) is 1.25. The van der Waals surface area contributed by atoms with Crippen LogP contribution < -0.4 is 22.5 Å². The van der Waals surface area contributed by atoms with Crippen molar-refractivity contribution >= 4 is 23.8 Å². The van der Waals surface area contributed by atoms with Crippen molar-refractivity contribution in [1.82, 2.24) is 5.32 Å². The summed E-state index contributed by atoms with van der Waals surface area (Å²) in [5.74, 6) is -3.66. The van der Waals surface area contributed by atoms with E-state index in [9.17, 15) is 24.6 Å². The molecule has 0 bridgehead atoms. The van der Waals surface area contributed by atoms with Crippen LogP contribution in [0.4, 0.5) is 0 Å². The Bertz CT molecular complexity index is 829. The van der Waals surface area contributed by atoms with Gasteiger partial charge in [0.05, 0.1) is 18.7 Å². The van der Waals surface area contributed by atoms with Crippen LogP contribution in [0.15, 0.2) is 16.8 Å². The highest BCUT2D eigenvalue weighted by molar-refractivity contribution is 5.87. The molecule has 9 N–H and O–H groups in total. The number of guanidine groups is 1. The van der Waals surface area contributed by atoms with E-state index in [1.807, 2.05) is 0 Å². The first kappa shape index (κ1) is 31.1. The molecule has 0 saturated carbocycles. The summed E-state index contributed by atoms with van der Waals surface area (Å²) < 4.78 is 21.8. The first-order valence-corrected chi connectivity index (χ1v) is 11.5. The van der Waals surface area contributed by atoms with Gasteiger partial charge < -0.3 is 51.7 Å². The van der Waals surface area contributed by atoms with Crippen LogP contribution in [-0.4, -0.2) is 90.5 Å². The van der Waals surface area contributed by atoms with E-state index in [1.165, 1.54) is 20.1 Å². The summed E-state index contributed by atoms with van der Waals surface area (Å²) in [6, 6.07) is -2.97. The third kappa shape index (κ3) is 8.62. The molecule has 1 unspecified atom stereocenters. The van der Waals surface area contributed by atoms with Crippen LogP contribution >= 0.6 is 0 Å². The lowest BCUT2D eigenvalue weighted by molar-refractivity contribution is -0.199. The lowest BCUT2D eigenvalue weighted by atomic mass is 9.92. The molecule has 1 rings (SSSR count). The van der Waals surface area contributed by atoms with E-state index in [1.54, 1.807) is 27.7 Å². The summed E-state index contributed by atoms with van der Waals surface area (Å²) in [4.78, 5) is 41.3. The second-order valence-corrected chi connectivity index (χ2v) is 9.06. The van der Waals surface area contributed by atoms with Gasteiger partial charge in [0.25, 0.3) is 0 Å². The van der Waals surface area contributed by atoms with Crippen molar-refractivity contribution < 1.29 is 43.5 Å². The second kappa shape index (κ2) is 14.0. The second-order valence-electron chi connectivity index (χ2n) is 9.06. The minimum Gasteiger partial charge on any atom is -0.478 e. The Balaban J connectivity index is 3.36. The highest BCUT2D eigenvalue weighted by Crippen LogP contribution is 2.27. The van der Waals surface area contributed by atoms with Gasteiger partial charge in [-0.3, -0.25) is 9.59 Å². The first-order chi connectivity index (χ1) is 16.7. The summed E-state index contributed by atoms with van der Waals surface area (Å²) >= 11 is 0. The molecule has 1 amide bonds. The maximum atomic E-state index is 13.1. The number of aliphatic hydroxyl groups is 2. The van der Waals surface area contributed by atoms with Crippen molar-refractivity contribution in [3.63, 3.8) is 0 Å². The molecule has 1 aliphatic heterocycles.